The zero-order chi connectivity index (χ0) is 30.6. The molecule has 0 radical (unpaired) electrons. The van der Waals surface area contributed by atoms with E-state index in [0.717, 1.165) is 15.6 Å². The maximum atomic E-state index is 12.6. The third-order valence-corrected chi connectivity index (χ3v) is 8.38. The van der Waals surface area contributed by atoms with Gasteiger partial charge in [0.05, 0.1) is 12.1 Å². The van der Waals surface area contributed by atoms with Crippen molar-refractivity contribution in [2.24, 2.45) is 28.9 Å². The molecule has 1 aromatic carbocycles. The lowest BCUT2D eigenvalue weighted by molar-refractivity contribution is -0.117. The number of hydrogen-bond donors (Lipinski definition) is 3. The maximum Gasteiger partial charge on any atom is 0.404 e. The van der Waals surface area contributed by atoms with Crippen LogP contribution >= 0.6 is 15.9 Å². The summed E-state index contributed by atoms with van der Waals surface area (Å²) in [4.78, 5) is 24.0. The van der Waals surface area contributed by atoms with E-state index >= 15 is 0 Å². The summed E-state index contributed by atoms with van der Waals surface area (Å²) in [5.41, 5.74) is 6.68. The van der Waals surface area contributed by atoms with Gasteiger partial charge in [-0.25, -0.2) is 4.79 Å². The van der Waals surface area contributed by atoms with Gasteiger partial charge in [0.15, 0.2) is 0 Å². The summed E-state index contributed by atoms with van der Waals surface area (Å²) in [6.07, 6.45) is 15.2. The molecule has 6 atom stereocenters. The minimum Gasteiger partial charge on any atom is -0.446 e. The smallest absolute Gasteiger partial charge is 0.404 e. The van der Waals surface area contributed by atoms with Gasteiger partial charge in [-0.1, -0.05) is 111 Å². The molecule has 41 heavy (non-hydrogen) atoms. The summed E-state index contributed by atoms with van der Waals surface area (Å²) >= 11 is 3.59. The first kappa shape index (κ1) is 34.1. The van der Waals surface area contributed by atoms with Crippen molar-refractivity contribution in [1.82, 2.24) is 5.32 Å². The number of primary amides is 1. The summed E-state index contributed by atoms with van der Waals surface area (Å²) in [5, 5.41) is 14.1. The first-order valence-electron chi connectivity index (χ1n) is 14.2. The number of hydrogen-bond acceptors (Lipinski definition) is 4. The molecule has 2 amide bonds. The normalized spacial score (nSPS) is 26.8. The number of carbonyl (C=O) groups is 2. The number of ether oxygens (including phenoxy) is 1. The molecule has 1 aromatic rings. The Hall–Kier alpha value is -3.08. The Morgan fingerprint density at radius 2 is 1.90 bits per heavy atom. The number of aryl methyl sites for hydroxylation is 1. The van der Waals surface area contributed by atoms with Crippen molar-refractivity contribution < 1.29 is 19.4 Å². The van der Waals surface area contributed by atoms with Crippen LogP contribution in [0.3, 0.4) is 0 Å². The molecule has 0 fully saturated rings. The van der Waals surface area contributed by atoms with Gasteiger partial charge in [-0.05, 0) is 73.3 Å². The van der Waals surface area contributed by atoms with Crippen LogP contribution in [0.25, 0.3) is 0 Å². The Morgan fingerprint density at radius 1 is 1.20 bits per heavy atom. The number of amides is 2. The van der Waals surface area contributed by atoms with Gasteiger partial charge in [0.25, 0.3) is 0 Å². The molecule has 0 saturated carbocycles. The van der Waals surface area contributed by atoms with Gasteiger partial charge >= 0.3 is 6.09 Å². The highest BCUT2D eigenvalue weighted by Gasteiger charge is 2.28. The van der Waals surface area contributed by atoms with Crippen LogP contribution < -0.4 is 11.1 Å². The fourth-order valence-electron chi connectivity index (χ4n) is 4.73. The fourth-order valence-corrected chi connectivity index (χ4v) is 5.21. The Morgan fingerprint density at radius 3 is 2.61 bits per heavy atom. The quantitative estimate of drug-likeness (QED) is 0.240. The van der Waals surface area contributed by atoms with Crippen LogP contribution in [0, 0.1) is 41.9 Å². The van der Waals surface area contributed by atoms with Crippen LogP contribution in [-0.2, 0) is 9.53 Å². The van der Waals surface area contributed by atoms with Gasteiger partial charge in [0, 0.05) is 9.89 Å². The Balaban J connectivity index is 2.15. The van der Waals surface area contributed by atoms with Crippen molar-refractivity contribution in [2.45, 2.75) is 79.1 Å². The molecular formula is C34H45BrN2O4. The van der Waals surface area contributed by atoms with Crippen LogP contribution in [0.2, 0.25) is 0 Å². The lowest BCUT2D eigenvalue weighted by Crippen LogP contribution is -2.36. The summed E-state index contributed by atoms with van der Waals surface area (Å²) in [6, 6.07) is 5.60. The number of aliphatic hydroxyl groups excluding tert-OH is 1. The van der Waals surface area contributed by atoms with Crippen molar-refractivity contribution >= 4 is 27.9 Å². The van der Waals surface area contributed by atoms with E-state index in [9.17, 15) is 14.7 Å². The van der Waals surface area contributed by atoms with E-state index in [1.165, 1.54) is 0 Å². The minimum absolute atomic E-state index is 0.00243. The Kier molecular flexibility index (Phi) is 13.6. The van der Waals surface area contributed by atoms with E-state index in [1.807, 2.05) is 64.1 Å². The van der Waals surface area contributed by atoms with Crippen LogP contribution in [0.15, 0.2) is 71.3 Å². The molecule has 0 aliphatic carbocycles. The number of rotatable bonds is 5. The van der Waals surface area contributed by atoms with Crippen molar-refractivity contribution in [3.8, 4) is 11.8 Å². The number of halogens is 1. The lowest BCUT2D eigenvalue weighted by Gasteiger charge is -2.28. The molecule has 0 aromatic heterocycles. The van der Waals surface area contributed by atoms with E-state index in [1.54, 1.807) is 18.2 Å². The number of carbonyl (C=O) groups excluding carboxylic acids is 2. The predicted molar refractivity (Wildman–Crippen MR) is 170 cm³/mol. The molecule has 1 aliphatic heterocycles. The van der Waals surface area contributed by atoms with Gasteiger partial charge in [-0.3, -0.25) is 4.79 Å². The molecule has 0 saturated heterocycles. The topological polar surface area (TPSA) is 102 Å². The molecular weight excluding hydrogens is 580 g/mol. The van der Waals surface area contributed by atoms with Crippen molar-refractivity contribution in [1.29, 1.82) is 0 Å². The van der Waals surface area contributed by atoms with Crippen molar-refractivity contribution in [2.75, 3.05) is 0 Å². The summed E-state index contributed by atoms with van der Waals surface area (Å²) in [7, 11) is 0. The highest BCUT2D eigenvalue weighted by atomic mass is 79.9. The van der Waals surface area contributed by atoms with E-state index in [0.29, 0.717) is 19.3 Å². The summed E-state index contributed by atoms with van der Waals surface area (Å²) in [6.45, 7) is 12.1. The molecule has 7 heteroatoms. The fraction of sp³-hybridized carbons (Fsp3) is 0.471. The molecule has 222 valence electrons. The standard InChI is InChI=1S/C34H45BrN2O4/c1-23-13-11-17-30(38)37-29(25(3)19-18-24(2)22-27(21-23)41-33(36)40)16-9-7-8-10-20-34(5,6)32(39)28-15-12-14-26(4)31(28)35/h9-12,14-20,23-25,27,29,32,39H,13,21-22H2,1-6H3,(H2,36,40)(H,37,38)/b16-9+,17-11-,19-18+,20-10+/t23-,24+,25+,27-,29-,32-/m1/s1. The molecule has 1 aliphatic rings. The zero-order valence-electron chi connectivity index (χ0n) is 25.1. The number of nitrogens with two attached hydrogens (primary N) is 1. The lowest BCUT2D eigenvalue weighted by atomic mass is 9.82. The largest absolute Gasteiger partial charge is 0.446 e. The average Bonchev–Trinajstić information content (AvgIpc) is 2.88. The molecule has 2 rings (SSSR count). The molecule has 1 heterocycles. The monoisotopic (exact) mass is 624 g/mol. The predicted octanol–water partition coefficient (Wildman–Crippen LogP) is 7.09. The molecule has 0 unspecified atom stereocenters. The average molecular weight is 626 g/mol. The zero-order valence-corrected chi connectivity index (χ0v) is 26.6. The van der Waals surface area contributed by atoms with E-state index in [-0.39, 0.29) is 35.8 Å². The third-order valence-electron chi connectivity index (χ3n) is 7.30. The third kappa shape index (κ3) is 11.7. The van der Waals surface area contributed by atoms with Crippen LogP contribution in [0.4, 0.5) is 4.79 Å². The SMILES string of the molecule is Cc1cccc([C@@H](O)C(C)(C)/C=C/C#C/C=C/[C@H]2NC(=O)/C=C\C[C@@H](C)C[C@@H](OC(N)=O)C[C@@H](C)/C=C/[C@@H]2C)c1Br. The van der Waals surface area contributed by atoms with Crippen LogP contribution in [0.5, 0.6) is 0 Å². The number of aliphatic hydroxyl groups is 1. The van der Waals surface area contributed by atoms with Crippen molar-refractivity contribution in [3.05, 3.63) is 82.4 Å². The van der Waals surface area contributed by atoms with E-state index < -0.39 is 17.6 Å². The number of benzene rings is 1. The van der Waals surface area contributed by atoms with E-state index in [4.69, 9.17) is 10.5 Å². The molecule has 0 bridgehead atoms. The minimum atomic E-state index is -0.761. The second-order valence-electron chi connectivity index (χ2n) is 11.7. The molecule has 0 spiro atoms. The number of allylic oxidation sites excluding steroid dienone is 4. The van der Waals surface area contributed by atoms with E-state index in [2.05, 4.69) is 59.1 Å². The highest BCUT2D eigenvalue weighted by molar-refractivity contribution is 9.10. The summed E-state index contributed by atoms with van der Waals surface area (Å²) < 4.78 is 6.28. The van der Waals surface area contributed by atoms with Crippen molar-refractivity contribution in [3.63, 3.8) is 0 Å². The second kappa shape index (κ2) is 16.4. The van der Waals surface area contributed by atoms with Gasteiger partial charge in [-0.15, -0.1) is 0 Å². The number of nitrogens with one attached hydrogen (secondary N) is 1. The Bertz CT molecular complexity index is 1220. The molecule has 6 nitrogen and oxygen atoms in total. The summed E-state index contributed by atoms with van der Waals surface area (Å²) in [5.74, 6) is 6.26. The second-order valence-corrected chi connectivity index (χ2v) is 12.5. The highest BCUT2D eigenvalue weighted by Crippen LogP contribution is 2.38. The molecule has 4 N–H and O–H groups in total. The van der Waals surface area contributed by atoms with Gasteiger partial charge in [0.1, 0.15) is 6.10 Å². The first-order valence-corrected chi connectivity index (χ1v) is 15.0. The first-order chi connectivity index (χ1) is 19.3. The Labute approximate surface area is 254 Å². The van der Waals surface area contributed by atoms with Gasteiger partial charge < -0.3 is 20.9 Å². The van der Waals surface area contributed by atoms with Gasteiger partial charge in [0.2, 0.25) is 5.91 Å². The van der Waals surface area contributed by atoms with Crippen LogP contribution in [-0.4, -0.2) is 29.3 Å². The maximum absolute atomic E-state index is 12.6. The van der Waals surface area contributed by atoms with Gasteiger partial charge in [-0.2, -0.15) is 0 Å². The van der Waals surface area contributed by atoms with Crippen LogP contribution in [0.1, 0.15) is 71.1 Å².